The van der Waals surface area contributed by atoms with Gasteiger partial charge in [-0.15, -0.1) is 0 Å². The predicted molar refractivity (Wildman–Crippen MR) is 88.8 cm³/mol. The molecule has 3 aromatic rings. The van der Waals surface area contributed by atoms with Crippen LogP contribution >= 0.6 is 0 Å². The molecule has 1 aliphatic rings. The fourth-order valence-corrected chi connectivity index (χ4v) is 3.10. The van der Waals surface area contributed by atoms with Gasteiger partial charge in [-0.25, -0.2) is 18.3 Å². The monoisotopic (exact) mass is 359 g/mol. The van der Waals surface area contributed by atoms with Gasteiger partial charge in [0.05, 0.1) is 25.5 Å². The second-order valence-corrected chi connectivity index (χ2v) is 5.93. The van der Waals surface area contributed by atoms with Crippen LogP contribution in [0.2, 0.25) is 0 Å². The fourth-order valence-electron chi connectivity index (χ4n) is 3.10. The number of aromatic nitrogens is 3. The van der Waals surface area contributed by atoms with E-state index in [1.54, 1.807) is 12.3 Å². The average Bonchev–Trinajstić information content (AvgIpc) is 3.07. The molecule has 1 aliphatic heterocycles. The van der Waals surface area contributed by atoms with Crippen molar-refractivity contribution >= 4 is 17.4 Å². The third-order valence-corrected chi connectivity index (χ3v) is 4.36. The van der Waals surface area contributed by atoms with Gasteiger partial charge in [0.1, 0.15) is 23.0 Å². The Morgan fingerprint density at radius 2 is 2.15 bits per heavy atom. The van der Waals surface area contributed by atoms with Gasteiger partial charge in [0.15, 0.2) is 5.65 Å². The highest BCUT2D eigenvalue weighted by molar-refractivity contribution is 5.98. The molecule has 0 bridgehead atoms. The van der Waals surface area contributed by atoms with Crippen molar-refractivity contribution in [2.24, 2.45) is 5.73 Å². The summed E-state index contributed by atoms with van der Waals surface area (Å²) in [6.45, 7) is 1.04. The Labute approximate surface area is 147 Å². The van der Waals surface area contributed by atoms with Gasteiger partial charge in [-0.2, -0.15) is 5.10 Å². The minimum Gasteiger partial charge on any atom is -0.377 e. The van der Waals surface area contributed by atoms with E-state index in [1.165, 1.54) is 10.7 Å². The van der Waals surface area contributed by atoms with E-state index in [-0.39, 0.29) is 17.7 Å². The highest BCUT2D eigenvalue weighted by Gasteiger charge is 2.29. The Bertz CT molecular complexity index is 990. The number of rotatable bonds is 3. The molecule has 1 fully saturated rings. The largest absolute Gasteiger partial charge is 0.377 e. The van der Waals surface area contributed by atoms with Crippen LogP contribution < -0.4 is 10.6 Å². The van der Waals surface area contributed by atoms with Crippen molar-refractivity contribution in [1.82, 2.24) is 14.6 Å². The lowest BCUT2D eigenvalue weighted by molar-refractivity contribution is 0.0925. The Morgan fingerprint density at radius 3 is 2.96 bits per heavy atom. The molecule has 1 amide bonds. The number of benzene rings is 1. The Balaban J connectivity index is 1.79. The lowest BCUT2D eigenvalue weighted by Crippen LogP contribution is -2.40. The molecular formula is C17H15F2N5O2. The van der Waals surface area contributed by atoms with E-state index in [0.717, 1.165) is 18.2 Å². The summed E-state index contributed by atoms with van der Waals surface area (Å²) < 4.78 is 34.8. The first-order valence-corrected chi connectivity index (χ1v) is 7.98. The lowest BCUT2D eigenvalue weighted by Gasteiger charge is -2.36. The SMILES string of the molecule is NC(=O)c1cnn2ccc(N3CCOCC3c3cc(F)ccc3F)nc12. The number of amides is 1. The van der Waals surface area contributed by atoms with E-state index in [1.807, 2.05) is 4.90 Å². The first-order chi connectivity index (χ1) is 12.5. The molecule has 4 rings (SSSR count). The lowest BCUT2D eigenvalue weighted by atomic mass is 10.0. The number of nitrogens with two attached hydrogens (primary N) is 1. The molecule has 0 radical (unpaired) electrons. The van der Waals surface area contributed by atoms with Crippen LogP contribution in [0, 0.1) is 11.6 Å². The molecule has 9 heteroatoms. The number of anilines is 1. The van der Waals surface area contributed by atoms with E-state index >= 15 is 0 Å². The molecule has 0 aliphatic carbocycles. The fraction of sp³-hybridized carbons (Fsp3) is 0.235. The summed E-state index contributed by atoms with van der Waals surface area (Å²) in [6.07, 6.45) is 2.98. The third kappa shape index (κ3) is 2.76. The van der Waals surface area contributed by atoms with Crippen LogP contribution in [0.15, 0.2) is 36.7 Å². The number of nitrogens with zero attached hydrogens (tertiary/aromatic N) is 4. The molecule has 26 heavy (non-hydrogen) atoms. The summed E-state index contributed by atoms with van der Waals surface area (Å²) in [5.41, 5.74) is 6.03. The molecule has 1 aromatic carbocycles. The van der Waals surface area contributed by atoms with E-state index < -0.39 is 23.6 Å². The van der Waals surface area contributed by atoms with E-state index in [4.69, 9.17) is 10.5 Å². The standard InChI is InChI=1S/C17H15F2N5O2/c18-10-1-2-13(19)11(7-10)14-9-26-6-5-23(14)15-3-4-24-17(22-15)12(8-21-24)16(20)25/h1-4,7-8,14H,5-6,9H2,(H2,20,25). The Morgan fingerprint density at radius 1 is 1.31 bits per heavy atom. The number of primary amides is 1. The van der Waals surface area contributed by atoms with Crippen LogP contribution in [0.4, 0.5) is 14.6 Å². The van der Waals surface area contributed by atoms with Crippen molar-refractivity contribution in [2.75, 3.05) is 24.7 Å². The van der Waals surface area contributed by atoms with Crippen LogP contribution in [0.1, 0.15) is 22.0 Å². The van der Waals surface area contributed by atoms with Crippen LogP contribution in [0.3, 0.4) is 0 Å². The zero-order valence-electron chi connectivity index (χ0n) is 13.6. The van der Waals surface area contributed by atoms with Gasteiger partial charge in [-0.05, 0) is 24.3 Å². The van der Waals surface area contributed by atoms with Crippen molar-refractivity contribution in [2.45, 2.75) is 6.04 Å². The third-order valence-electron chi connectivity index (χ3n) is 4.36. The van der Waals surface area contributed by atoms with Crippen molar-refractivity contribution < 1.29 is 18.3 Å². The maximum Gasteiger partial charge on any atom is 0.254 e. The summed E-state index contributed by atoms with van der Waals surface area (Å²) in [6, 6.07) is 4.47. The second kappa shape index (κ2) is 6.34. The number of hydrogen-bond acceptors (Lipinski definition) is 5. The van der Waals surface area contributed by atoms with E-state index in [0.29, 0.717) is 24.6 Å². The minimum absolute atomic E-state index is 0.189. The molecule has 1 unspecified atom stereocenters. The number of halogens is 2. The number of ether oxygens (including phenoxy) is 1. The number of morpholine rings is 1. The van der Waals surface area contributed by atoms with Gasteiger partial charge in [0.25, 0.3) is 5.91 Å². The van der Waals surface area contributed by atoms with Gasteiger partial charge >= 0.3 is 0 Å². The molecule has 0 spiro atoms. The molecule has 134 valence electrons. The van der Waals surface area contributed by atoms with Crippen molar-refractivity contribution in [3.8, 4) is 0 Å². The summed E-state index contributed by atoms with van der Waals surface area (Å²) >= 11 is 0. The van der Waals surface area contributed by atoms with Gasteiger partial charge in [-0.1, -0.05) is 0 Å². The molecule has 0 saturated carbocycles. The molecule has 1 saturated heterocycles. The normalized spacial score (nSPS) is 17.6. The number of carbonyl (C=O) groups is 1. The van der Waals surface area contributed by atoms with Crippen LogP contribution in [-0.4, -0.2) is 40.3 Å². The van der Waals surface area contributed by atoms with Gasteiger partial charge < -0.3 is 15.4 Å². The topological polar surface area (TPSA) is 85.8 Å². The van der Waals surface area contributed by atoms with Crippen molar-refractivity contribution in [3.63, 3.8) is 0 Å². The minimum atomic E-state index is -0.639. The highest BCUT2D eigenvalue weighted by Crippen LogP contribution is 2.31. The number of hydrogen-bond donors (Lipinski definition) is 1. The maximum atomic E-state index is 14.3. The summed E-state index contributed by atoms with van der Waals surface area (Å²) in [7, 11) is 0. The highest BCUT2D eigenvalue weighted by atomic mass is 19.1. The Kier molecular flexibility index (Phi) is 4.00. The molecule has 1 atom stereocenters. The quantitative estimate of drug-likeness (QED) is 0.769. The second-order valence-electron chi connectivity index (χ2n) is 5.93. The molecule has 3 heterocycles. The summed E-state index contributed by atoms with van der Waals surface area (Å²) in [5, 5.41) is 4.03. The zero-order chi connectivity index (χ0) is 18.3. The first-order valence-electron chi connectivity index (χ1n) is 7.98. The molecule has 2 aromatic heterocycles. The first kappa shape index (κ1) is 16.4. The molecule has 2 N–H and O–H groups in total. The zero-order valence-corrected chi connectivity index (χ0v) is 13.6. The molecule has 7 nitrogen and oxygen atoms in total. The van der Waals surface area contributed by atoms with Crippen molar-refractivity contribution in [1.29, 1.82) is 0 Å². The summed E-state index contributed by atoms with van der Waals surface area (Å²) in [5.74, 6) is -1.19. The smallest absolute Gasteiger partial charge is 0.254 e. The van der Waals surface area contributed by atoms with Crippen molar-refractivity contribution in [3.05, 3.63) is 59.4 Å². The van der Waals surface area contributed by atoms with E-state index in [9.17, 15) is 13.6 Å². The van der Waals surface area contributed by atoms with E-state index in [2.05, 4.69) is 10.1 Å². The predicted octanol–water partition coefficient (Wildman–Crippen LogP) is 1.68. The Hall–Kier alpha value is -3.07. The summed E-state index contributed by atoms with van der Waals surface area (Å²) in [4.78, 5) is 17.8. The number of fused-ring (bicyclic) bond motifs is 1. The van der Waals surface area contributed by atoms with Crippen LogP contribution in [0.25, 0.3) is 5.65 Å². The van der Waals surface area contributed by atoms with Gasteiger partial charge in [0.2, 0.25) is 0 Å². The molecular weight excluding hydrogens is 344 g/mol. The van der Waals surface area contributed by atoms with Crippen LogP contribution in [-0.2, 0) is 4.74 Å². The average molecular weight is 359 g/mol. The number of carbonyl (C=O) groups excluding carboxylic acids is 1. The van der Waals surface area contributed by atoms with Gasteiger partial charge in [0, 0.05) is 18.3 Å². The van der Waals surface area contributed by atoms with Crippen LogP contribution in [0.5, 0.6) is 0 Å². The maximum absolute atomic E-state index is 14.3. The van der Waals surface area contributed by atoms with Gasteiger partial charge in [-0.3, -0.25) is 4.79 Å².